The lowest BCUT2D eigenvalue weighted by molar-refractivity contribution is -0.118. The first-order valence-electron chi connectivity index (χ1n) is 4.75. The summed E-state index contributed by atoms with van der Waals surface area (Å²) < 4.78 is 0. The minimum absolute atomic E-state index is 0.114. The molecule has 0 aliphatic carbocycles. The first-order valence-corrected chi connectivity index (χ1v) is 4.75. The summed E-state index contributed by atoms with van der Waals surface area (Å²) in [6.07, 6.45) is 0.939. The third-order valence-corrected chi connectivity index (χ3v) is 1.82. The van der Waals surface area contributed by atoms with E-state index in [9.17, 15) is 9.59 Å². The zero-order valence-corrected chi connectivity index (χ0v) is 8.64. The van der Waals surface area contributed by atoms with Crippen molar-refractivity contribution in [2.75, 3.05) is 11.9 Å². The van der Waals surface area contributed by atoms with Crippen LogP contribution in [0.15, 0.2) is 12.1 Å². The fraction of sp³-hybridized carbons (Fsp3) is 0.333. The Morgan fingerprint density at radius 1 is 1.25 bits per heavy atom. The summed E-state index contributed by atoms with van der Waals surface area (Å²) in [5, 5.41) is 10.3. The van der Waals surface area contributed by atoms with Crippen molar-refractivity contribution in [3.05, 3.63) is 17.8 Å². The van der Waals surface area contributed by atoms with Crippen LogP contribution in [0.1, 0.15) is 23.3 Å². The Bertz CT molecular complexity index is 376. The van der Waals surface area contributed by atoms with Crippen LogP contribution in [0.4, 0.5) is 5.82 Å². The summed E-state index contributed by atoms with van der Waals surface area (Å²) in [6, 6.07) is 3.07. The number of nitrogens with one attached hydrogen (secondary N) is 1. The van der Waals surface area contributed by atoms with Crippen LogP contribution in [-0.2, 0) is 4.79 Å². The van der Waals surface area contributed by atoms with Crippen LogP contribution in [0, 0.1) is 0 Å². The summed E-state index contributed by atoms with van der Waals surface area (Å²) in [7, 11) is 0. The molecule has 0 aliphatic heterocycles. The third-order valence-electron chi connectivity index (χ3n) is 1.82. The molecule has 0 atom stereocenters. The Balaban J connectivity index is 2.38. The zero-order valence-electron chi connectivity index (χ0n) is 8.64. The van der Waals surface area contributed by atoms with E-state index in [1.54, 1.807) is 6.07 Å². The van der Waals surface area contributed by atoms with Crippen molar-refractivity contribution in [2.45, 2.75) is 12.8 Å². The fourth-order valence-electron chi connectivity index (χ4n) is 1.04. The number of amides is 2. The van der Waals surface area contributed by atoms with Gasteiger partial charge in [-0.15, -0.1) is 10.2 Å². The van der Waals surface area contributed by atoms with Gasteiger partial charge < -0.3 is 16.8 Å². The molecule has 1 aromatic heterocycles. The van der Waals surface area contributed by atoms with Crippen LogP contribution < -0.4 is 16.8 Å². The molecule has 0 aromatic carbocycles. The number of rotatable bonds is 6. The van der Waals surface area contributed by atoms with Crippen LogP contribution in [-0.4, -0.2) is 28.6 Å². The molecule has 0 saturated carbocycles. The topological polar surface area (TPSA) is 124 Å². The van der Waals surface area contributed by atoms with Crippen molar-refractivity contribution in [1.82, 2.24) is 10.2 Å². The molecule has 0 fully saturated rings. The number of carbonyl (C=O) groups is 2. The maximum absolute atomic E-state index is 10.7. The quantitative estimate of drug-likeness (QED) is 0.547. The lowest BCUT2D eigenvalue weighted by Gasteiger charge is -2.03. The highest BCUT2D eigenvalue weighted by molar-refractivity contribution is 5.90. The van der Waals surface area contributed by atoms with Crippen molar-refractivity contribution in [2.24, 2.45) is 11.5 Å². The number of aromatic nitrogens is 2. The Morgan fingerprint density at radius 2 is 2.00 bits per heavy atom. The SMILES string of the molecule is NC(=O)CCCNc1ccc(C(N)=O)nn1. The maximum Gasteiger partial charge on any atom is 0.269 e. The minimum atomic E-state index is -0.618. The molecule has 1 aromatic rings. The predicted octanol–water partition coefficient (Wildman–Crippen LogP) is -0.747. The normalized spacial score (nSPS) is 9.75. The van der Waals surface area contributed by atoms with E-state index in [0.29, 0.717) is 25.2 Å². The highest BCUT2D eigenvalue weighted by Crippen LogP contribution is 2.01. The molecule has 7 heteroatoms. The Hall–Kier alpha value is -2.18. The van der Waals surface area contributed by atoms with Gasteiger partial charge in [0.25, 0.3) is 5.91 Å². The largest absolute Gasteiger partial charge is 0.370 e. The van der Waals surface area contributed by atoms with Crippen LogP contribution in [0.5, 0.6) is 0 Å². The Labute approximate surface area is 92.2 Å². The second kappa shape index (κ2) is 5.64. The molecule has 16 heavy (non-hydrogen) atoms. The molecule has 0 saturated heterocycles. The van der Waals surface area contributed by atoms with E-state index in [1.165, 1.54) is 6.07 Å². The van der Waals surface area contributed by atoms with Gasteiger partial charge in [0.1, 0.15) is 5.82 Å². The molecule has 0 radical (unpaired) electrons. The summed E-state index contributed by atoms with van der Waals surface area (Å²) in [4.78, 5) is 21.1. The number of anilines is 1. The van der Waals surface area contributed by atoms with E-state index < -0.39 is 5.91 Å². The number of carbonyl (C=O) groups excluding carboxylic acids is 2. The van der Waals surface area contributed by atoms with Gasteiger partial charge in [0.2, 0.25) is 5.91 Å². The van der Waals surface area contributed by atoms with Gasteiger partial charge in [-0.05, 0) is 18.6 Å². The monoisotopic (exact) mass is 223 g/mol. The molecule has 0 aliphatic rings. The van der Waals surface area contributed by atoms with Crippen LogP contribution in [0.25, 0.3) is 0 Å². The Morgan fingerprint density at radius 3 is 2.50 bits per heavy atom. The average molecular weight is 223 g/mol. The number of primary amides is 2. The second-order valence-electron chi connectivity index (χ2n) is 3.16. The lowest BCUT2D eigenvalue weighted by Crippen LogP contribution is -2.15. The fourth-order valence-corrected chi connectivity index (χ4v) is 1.04. The summed E-state index contributed by atoms with van der Waals surface area (Å²) in [5.41, 5.74) is 10.1. The molecule has 1 rings (SSSR count). The maximum atomic E-state index is 10.7. The van der Waals surface area contributed by atoms with Crippen molar-refractivity contribution >= 4 is 17.6 Å². The van der Waals surface area contributed by atoms with E-state index in [1.807, 2.05) is 0 Å². The minimum Gasteiger partial charge on any atom is -0.370 e. The van der Waals surface area contributed by atoms with Crippen LogP contribution in [0.3, 0.4) is 0 Å². The van der Waals surface area contributed by atoms with Gasteiger partial charge in [0.05, 0.1) is 0 Å². The molecule has 5 N–H and O–H groups in total. The van der Waals surface area contributed by atoms with Crippen LogP contribution >= 0.6 is 0 Å². The molecular formula is C9H13N5O2. The van der Waals surface area contributed by atoms with E-state index in [-0.39, 0.29) is 11.6 Å². The Kier molecular flexibility index (Phi) is 4.19. The zero-order chi connectivity index (χ0) is 12.0. The molecular weight excluding hydrogens is 210 g/mol. The van der Waals surface area contributed by atoms with E-state index in [0.717, 1.165) is 0 Å². The predicted molar refractivity (Wildman–Crippen MR) is 57.5 cm³/mol. The van der Waals surface area contributed by atoms with E-state index in [4.69, 9.17) is 11.5 Å². The third kappa shape index (κ3) is 3.91. The first-order chi connectivity index (χ1) is 7.59. The number of nitrogens with two attached hydrogens (primary N) is 2. The van der Waals surface area contributed by atoms with Crippen LogP contribution in [0.2, 0.25) is 0 Å². The summed E-state index contributed by atoms with van der Waals surface area (Å²) in [5.74, 6) is -0.431. The van der Waals surface area contributed by atoms with Gasteiger partial charge in [-0.3, -0.25) is 9.59 Å². The molecule has 0 unspecified atom stereocenters. The molecule has 1 heterocycles. The molecule has 0 spiro atoms. The van der Waals surface area contributed by atoms with E-state index in [2.05, 4.69) is 15.5 Å². The van der Waals surface area contributed by atoms with Crippen molar-refractivity contribution in [1.29, 1.82) is 0 Å². The molecule has 0 bridgehead atoms. The first kappa shape index (κ1) is 11.9. The van der Waals surface area contributed by atoms with Gasteiger partial charge in [0, 0.05) is 13.0 Å². The lowest BCUT2D eigenvalue weighted by atomic mass is 10.3. The van der Waals surface area contributed by atoms with Crippen molar-refractivity contribution in [3.8, 4) is 0 Å². The summed E-state index contributed by atoms with van der Waals surface area (Å²) >= 11 is 0. The van der Waals surface area contributed by atoms with Gasteiger partial charge in [-0.25, -0.2) is 0 Å². The van der Waals surface area contributed by atoms with E-state index >= 15 is 0 Å². The van der Waals surface area contributed by atoms with Gasteiger partial charge in [0.15, 0.2) is 5.69 Å². The van der Waals surface area contributed by atoms with Gasteiger partial charge in [-0.1, -0.05) is 0 Å². The average Bonchev–Trinajstić information content (AvgIpc) is 2.25. The highest BCUT2D eigenvalue weighted by Gasteiger charge is 2.02. The van der Waals surface area contributed by atoms with Crippen molar-refractivity contribution in [3.63, 3.8) is 0 Å². The molecule has 2 amide bonds. The van der Waals surface area contributed by atoms with Crippen molar-refractivity contribution < 1.29 is 9.59 Å². The molecule has 86 valence electrons. The smallest absolute Gasteiger partial charge is 0.269 e. The highest BCUT2D eigenvalue weighted by atomic mass is 16.1. The number of hydrogen-bond acceptors (Lipinski definition) is 5. The molecule has 7 nitrogen and oxygen atoms in total. The summed E-state index contributed by atoms with van der Waals surface area (Å²) in [6.45, 7) is 0.563. The number of hydrogen-bond donors (Lipinski definition) is 3. The second-order valence-corrected chi connectivity index (χ2v) is 3.16. The standard InChI is InChI=1S/C9H13N5O2/c10-7(15)2-1-5-12-8-4-3-6(9(11)16)13-14-8/h3-4H,1-2,5H2,(H2,10,15)(H2,11,16)(H,12,14). The van der Waals surface area contributed by atoms with Gasteiger partial charge >= 0.3 is 0 Å². The van der Waals surface area contributed by atoms with Gasteiger partial charge in [-0.2, -0.15) is 0 Å². The number of nitrogens with zero attached hydrogens (tertiary/aromatic N) is 2.